The molecule has 3 aromatic rings. The molecule has 2 N–H and O–H groups in total. The highest BCUT2D eigenvalue weighted by molar-refractivity contribution is 7.15. The van der Waals surface area contributed by atoms with Crippen LogP contribution in [0.1, 0.15) is 4.88 Å². The first-order chi connectivity index (χ1) is 13.5. The Morgan fingerprint density at radius 3 is 2.79 bits per heavy atom. The van der Waals surface area contributed by atoms with Gasteiger partial charge in [-0.2, -0.15) is 5.10 Å². The number of pyridine rings is 1. The van der Waals surface area contributed by atoms with E-state index in [1.807, 2.05) is 31.3 Å². The summed E-state index contributed by atoms with van der Waals surface area (Å²) >= 11 is 1.68. The highest BCUT2D eigenvalue weighted by atomic mass is 32.1. The molecule has 3 aromatic heterocycles. The standard InChI is InChI=1S/C19H23FN6OS/c1-24(2)18-6-3-15(11-22-18)17-5-4-16(28-17)7-8-25-13-23-26(19(25)27)12-14(9-20)10-21/h3-6,9,11,13H,7-8,10,12,21H2,1-2H3/b14-9+. The van der Waals surface area contributed by atoms with Gasteiger partial charge < -0.3 is 10.6 Å². The number of anilines is 1. The van der Waals surface area contributed by atoms with Gasteiger partial charge in [0.05, 0.1) is 12.9 Å². The average Bonchev–Trinajstić information content (AvgIpc) is 3.31. The van der Waals surface area contributed by atoms with Crippen molar-refractivity contribution in [3.05, 3.63) is 64.1 Å². The Kier molecular flexibility index (Phi) is 6.37. The maximum Gasteiger partial charge on any atom is 0.346 e. The van der Waals surface area contributed by atoms with Gasteiger partial charge in [-0.25, -0.2) is 18.9 Å². The Hall–Kier alpha value is -2.78. The lowest BCUT2D eigenvalue weighted by Gasteiger charge is -2.10. The summed E-state index contributed by atoms with van der Waals surface area (Å²) in [6.07, 6.45) is 4.49. The van der Waals surface area contributed by atoms with Crippen LogP contribution in [0.15, 0.2) is 53.5 Å². The van der Waals surface area contributed by atoms with Gasteiger partial charge in [-0.15, -0.1) is 11.3 Å². The van der Waals surface area contributed by atoms with Gasteiger partial charge in [-0.3, -0.25) is 4.57 Å². The van der Waals surface area contributed by atoms with Crippen LogP contribution in [0.25, 0.3) is 10.4 Å². The van der Waals surface area contributed by atoms with Crippen LogP contribution in [0, 0.1) is 0 Å². The molecule has 0 atom stereocenters. The summed E-state index contributed by atoms with van der Waals surface area (Å²) < 4.78 is 15.4. The van der Waals surface area contributed by atoms with Crippen LogP contribution in [-0.2, 0) is 19.5 Å². The number of aromatic nitrogens is 4. The van der Waals surface area contributed by atoms with E-state index in [2.05, 4.69) is 28.3 Å². The molecule has 0 aliphatic heterocycles. The monoisotopic (exact) mass is 402 g/mol. The van der Waals surface area contributed by atoms with Gasteiger partial charge in [-0.05, 0) is 36.3 Å². The number of aryl methyl sites for hydroxylation is 2. The minimum atomic E-state index is -0.270. The van der Waals surface area contributed by atoms with E-state index in [0.29, 0.717) is 24.9 Å². The Labute approximate surface area is 166 Å². The number of hydrogen-bond donors (Lipinski definition) is 1. The Morgan fingerprint density at radius 2 is 2.14 bits per heavy atom. The molecule has 0 radical (unpaired) electrons. The fourth-order valence-electron chi connectivity index (χ4n) is 2.66. The molecule has 0 saturated carbocycles. The third-order valence-corrected chi connectivity index (χ3v) is 5.51. The molecule has 0 amide bonds. The van der Waals surface area contributed by atoms with Gasteiger partial charge in [0.2, 0.25) is 0 Å². The van der Waals surface area contributed by atoms with Gasteiger partial charge >= 0.3 is 5.69 Å². The van der Waals surface area contributed by atoms with Crippen molar-refractivity contribution in [2.45, 2.75) is 19.5 Å². The third-order valence-electron chi connectivity index (χ3n) is 4.32. The molecule has 0 fully saturated rings. The van der Waals surface area contributed by atoms with E-state index >= 15 is 0 Å². The molecule has 0 bridgehead atoms. The number of halogens is 1. The van der Waals surface area contributed by atoms with Gasteiger partial charge in [0, 0.05) is 48.7 Å². The molecule has 148 valence electrons. The molecule has 7 nitrogen and oxygen atoms in total. The zero-order valence-corrected chi connectivity index (χ0v) is 16.7. The molecule has 0 aliphatic carbocycles. The Morgan fingerprint density at radius 1 is 1.32 bits per heavy atom. The molecular formula is C19H23FN6OS. The van der Waals surface area contributed by atoms with Crippen LogP contribution in [0.3, 0.4) is 0 Å². The number of thiophene rings is 1. The van der Waals surface area contributed by atoms with Crippen molar-refractivity contribution in [2.75, 3.05) is 25.5 Å². The van der Waals surface area contributed by atoms with Crippen molar-refractivity contribution in [1.29, 1.82) is 0 Å². The summed E-state index contributed by atoms with van der Waals surface area (Å²) in [5, 5.41) is 4.03. The molecule has 0 saturated heterocycles. The number of nitrogens with two attached hydrogens (primary N) is 1. The van der Waals surface area contributed by atoms with Crippen molar-refractivity contribution in [3.63, 3.8) is 0 Å². The molecule has 0 aliphatic rings. The highest BCUT2D eigenvalue weighted by Crippen LogP contribution is 2.28. The average molecular weight is 402 g/mol. The van der Waals surface area contributed by atoms with Gasteiger partial charge in [-0.1, -0.05) is 0 Å². The van der Waals surface area contributed by atoms with Crippen molar-refractivity contribution < 1.29 is 4.39 Å². The second kappa shape index (κ2) is 8.94. The van der Waals surface area contributed by atoms with Crippen LogP contribution in [0.4, 0.5) is 10.2 Å². The SMILES string of the molecule is CN(C)c1ccc(-c2ccc(CCn3cnn(C/C(=C/F)CN)c3=O)s2)cn1. The molecule has 9 heteroatoms. The van der Waals surface area contributed by atoms with Crippen molar-refractivity contribution in [1.82, 2.24) is 19.3 Å². The Balaban J connectivity index is 1.65. The molecule has 28 heavy (non-hydrogen) atoms. The first-order valence-electron chi connectivity index (χ1n) is 8.84. The van der Waals surface area contributed by atoms with E-state index in [4.69, 9.17) is 5.73 Å². The summed E-state index contributed by atoms with van der Waals surface area (Å²) in [5.74, 6) is 0.914. The lowest BCUT2D eigenvalue weighted by atomic mass is 10.2. The summed E-state index contributed by atoms with van der Waals surface area (Å²) in [5.41, 5.74) is 6.55. The topological polar surface area (TPSA) is 82.0 Å². The molecule has 0 spiro atoms. The molecule has 3 heterocycles. The fourth-order valence-corrected chi connectivity index (χ4v) is 3.65. The molecule has 0 unspecified atom stereocenters. The van der Waals surface area contributed by atoms with Crippen molar-refractivity contribution >= 4 is 17.2 Å². The number of nitrogens with zero attached hydrogens (tertiary/aromatic N) is 5. The van der Waals surface area contributed by atoms with E-state index in [1.165, 1.54) is 15.6 Å². The quantitative estimate of drug-likeness (QED) is 0.625. The smallest absolute Gasteiger partial charge is 0.346 e. The van der Waals surface area contributed by atoms with Crippen LogP contribution in [0.5, 0.6) is 0 Å². The fraction of sp³-hybridized carbons (Fsp3) is 0.316. The highest BCUT2D eigenvalue weighted by Gasteiger charge is 2.09. The minimum Gasteiger partial charge on any atom is -0.363 e. The maximum atomic E-state index is 12.7. The zero-order chi connectivity index (χ0) is 20.1. The van der Waals surface area contributed by atoms with E-state index < -0.39 is 0 Å². The lowest BCUT2D eigenvalue weighted by Crippen LogP contribution is -2.27. The van der Waals surface area contributed by atoms with E-state index in [9.17, 15) is 9.18 Å². The third kappa shape index (κ3) is 4.55. The van der Waals surface area contributed by atoms with Crippen molar-refractivity contribution in [2.24, 2.45) is 5.73 Å². The van der Waals surface area contributed by atoms with E-state index in [0.717, 1.165) is 21.1 Å². The molecule has 0 aromatic carbocycles. The molecular weight excluding hydrogens is 379 g/mol. The van der Waals surface area contributed by atoms with Gasteiger partial charge in [0.1, 0.15) is 12.1 Å². The normalized spacial score (nSPS) is 11.8. The maximum absolute atomic E-state index is 12.7. The predicted octanol–water partition coefficient (Wildman–Crippen LogP) is 2.29. The lowest BCUT2D eigenvalue weighted by molar-refractivity contribution is 0.594. The van der Waals surface area contributed by atoms with Crippen molar-refractivity contribution in [3.8, 4) is 10.4 Å². The van der Waals surface area contributed by atoms with Crippen LogP contribution in [-0.4, -0.2) is 40.0 Å². The zero-order valence-electron chi connectivity index (χ0n) is 15.9. The first kappa shape index (κ1) is 20.0. The largest absolute Gasteiger partial charge is 0.363 e. The summed E-state index contributed by atoms with van der Waals surface area (Å²) in [4.78, 5) is 21.0. The summed E-state index contributed by atoms with van der Waals surface area (Å²) in [6, 6.07) is 8.18. The summed E-state index contributed by atoms with van der Waals surface area (Å²) in [7, 11) is 3.92. The van der Waals surface area contributed by atoms with Crippen LogP contribution >= 0.6 is 11.3 Å². The second-order valence-electron chi connectivity index (χ2n) is 6.55. The van der Waals surface area contributed by atoms with Gasteiger partial charge in [0.25, 0.3) is 0 Å². The minimum absolute atomic E-state index is 0.0537. The van der Waals surface area contributed by atoms with Crippen LogP contribution in [0.2, 0.25) is 0 Å². The van der Waals surface area contributed by atoms with Gasteiger partial charge in [0.15, 0.2) is 0 Å². The number of rotatable bonds is 8. The van der Waals surface area contributed by atoms with Crippen LogP contribution < -0.4 is 16.3 Å². The van der Waals surface area contributed by atoms with E-state index in [1.54, 1.807) is 11.3 Å². The first-order valence-corrected chi connectivity index (χ1v) is 9.66. The predicted molar refractivity (Wildman–Crippen MR) is 110 cm³/mol. The summed E-state index contributed by atoms with van der Waals surface area (Å²) in [6.45, 7) is 0.629. The molecule has 3 rings (SSSR count). The Bertz CT molecular complexity index is 1000. The second-order valence-corrected chi connectivity index (χ2v) is 7.72. The number of hydrogen-bond acceptors (Lipinski definition) is 6. The van der Waals surface area contributed by atoms with E-state index in [-0.39, 0.29) is 18.8 Å².